The van der Waals surface area contributed by atoms with Crippen molar-refractivity contribution in [2.24, 2.45) is 0 Å². The highest BCUT2D eigenvalue weighted by Crippen LogP contribution is 2.21. The molecule has 0 amide bonds. The topological polar surface area (TPSA) is 21.3 Å². The van der Waals surface area contributed by atoms with Crippen LogP contribution in [0, 0.1) is 5.82 Å². The highest BCUT2D eigenvalue weighted by molar-refractivity contribution is 5.45. The van der Waals surface area contributed by atoms with E-state index in [-0.39, 0.29) is 18.1 Å². The Morgan fingerprint density at radius 3 is 2.58 bits per heavy atom. The zero-order valence-corrected chi connectivity index (χ0v) is 9.95. The molecule has 19 heavy (non-hydrogen) atoms. The molecule has 1 N–H and O–H groups in total. The minimum Gasteiger partial charge on any atom is -0.434 e. The molecule has 0 aliphatic carbocycles. The third-order valence-corrected chi connectivity index (χ3v) is 2.50. The van der Waals surface area contributed by atoms with E-state index in [4.69, 9.17) is 0 Å². The lowest BCUT2D eigenvalue weighted by Crippen LogP contribution is -2.07. The summed E-state index contributed by atoms with van der Waals surface area (Å²) < 4.78 is 41.8. The van der Waals surface area contributed by atoms with E-state index >= 15 is 0 Å². The fraction of sp³-hybridized carbons (Fsp3) is 0.143. The summed E-state index contributed by atoms with van der Waals surface area (Å²) in [6, 6.07) is 12.4. The summed E-state index contributed by atoms with van der Waals surface area (Å²) in [5, 5.41) is 2.95. The Morgan fingerprint density at radius 1 is 1.05 bits per heavy atom. The van der Waals surface area contributed by atoms with E-state index in [1.54, 1.807) is 30.3 Å². The zero-order chi connectivity index (χ0) is 13.7. The Labute approximate surface area is 108 Å². The summed E-state index contributed by atoms with van der Waals surface area (Å²) in [5.41, 5.74) is 1.15. The normalized spacial score (nSPS) is 10.5. The van der Waals surface area contributed by atoms with Crippen molar-refractivity contribution in [1.82, 2.24) is 0 Å². The third-order valence-electron chi connectivity index (χ3n) is 2.50. The summed E-state index contributed by atoms with van der Waals surface area (Å²) in [4.78, 5) is 0. The second kappa shape index (κ2) is 6.13. The third kappa shape index (κ3) is 3.91. The molecule has 100 valence electrons. The maximum Gasteiger partial charge on any atom is 0.387 e. The summed E-state index contributed by atoms with van der Waals surface area (Å²) >= 11 is 0. The Bertz CT molecular complexity index is 546. The van der Waals surface area contributed by atoms with E-state index in [0.29, 0.717) is 11.3 Å². The predicted molar refractivity (Wildman–Crippen MR) is 66.8 cm³/mol. The average Bonchev–Trinajstić information content (AvgIpc) is 2.37. The van der Waals surface area contributed by atoms with Crippen molar-refractivity contribution >= 4 is 5.69 Å². The van der Waals surface area contributed by atoms with Crippen LogP contribution < -0.4 is 10.1 Å². The van der Waals surface area contributed by atoms with Gasteiger partial charge in [-0.2, -0.15) is 8.78 Å². The van der Waals surface area contributed by atoms with Gasteiger partial charge in [0.25, 0.3) is 0 Å². The second-order valence-electron chi connectivity index (χ2n) is 3.85. The van der Waals surface area contributed by atoms with Crippen LogP contribution in [-0.4, -0.2) is 6.61 Å². The van der Waals surface area contributed by atoms with Crippen LogP contribution >= 0.6 is 0 Å². The first kappa shape index (κ1) is 13.3. The van der Waals surface area contributed by atoms with Crippen molar-refractivity contribution in [3.05, 3.63) is 59.9 Å². The molecule has 0 aromatic heterocycles. The van der Waals surface area contributed by atoms with Gasteiger partial charge >= 0.3 is 6.61 Å². The molecule has 0 bridgehead atoms. The number of alkyl halides is 2. The lowest BCUT2D eigenvalue weighted by atomic mass is 10.2. The number of ether oxygens (including phenoxy) is 1. The summed E-state index contributed by atoms with van der Waals surface area (Å²) in [6.07, 6.45) is 0. The number of hydrogen-bond donors (Lipinski definition) is 1. The summed E-state index contributed by atoms with van der Waals surface area (Å²) in [5.74, 6) is -0.247. The predicted octanol–water partition coefficient (Wildman–Crippen LogP) is 4.04. The Balaban J connectivity index is 2.07. The maximum atomic E-state index is 13.0. The van der Waals surface area contributed by atoms with Crippen molar-refractivity contribution in [1.29, 1.82) is 0 Å². The van der Waals surface area contributed by atoms with E-state index < -0.39 is 6.61 Å². The number of benzene rings is 2. The van der Waals surface area contributed by atoms with Gasteiger partial charge in [0.15, 0.2) is 0 Å². The maximum absolute atomic E-state index is 13.0. The Hall–Kier alpha value is -2.17. The van der Waals surface area contributed by atoms with Crippen molar-refractivity contribution in [3.8, 4) is 5.75 Å². The van der Waals surface area contributed by atoms with Crippen molar-refractivity contribution in [2.75, 3.05) is 5.32 Å². The molecule has 0 fully saturated rings. The van der Waals surface area contributed by atoms with Crippen LogP contribution in [0.3, 0.4) is 0 Å². The largest absolute Gasteiger partial charge is 0.434 e. The molecule has 0 heterocycles. The van der Waals surface area contributed by atoms with Gasteiger partial charge < -0.3 is 10.1 Å². The number of hydrogen-bond acceptors (Lipinski definition) is 2. The number of halogens is 3. The Kier molecular flexibility index (Phi) is 4.28. The lowest BCUT2D eigenvalue weighted by Gasteiger charge is -2.12. The van der Waals surface area contributed by atoms with Gasteiger partial charge in [0.1, 0.15) is 11.6 Å². The van der Waals surface area contributed by atoms with Gasteiger partial charge in [0, 0.05) is 17.8 Å². The molecule has 2 nitrogen and oxygen atoms in total. The SMILES string of the molecule is Fc1cccc(NCc2ccccc2OC(F)F)c1. The quantitative estimate of drug-likeness (QED) is 0.882. The molecule has 0 saturated heterocycles. The van der Waals surface area contributed by atoms with Crippen molar-refractivity contribution < 1.29 is 17.9 Å². The molecule has 2 rings (SSSR count). The highest BCUT2D eigenvalue weighted by Gasteiger charge is 2.08. The molecule has 0 aliphatic heterocycles. The second-order valence-corrected chi connectivity index (χ2v) is 3.85. The van der Waals surface area contributed by atoms with Gasteiger partial charge in [-0.05, 0) is 24.3 Å². The number of para-hydroxylation sites is 1. The highest BCUT2D eigenvalue weighted by atomic mass is 19.3. The van der Waals surface area contributed by atoms with Crippen molar-refractivity contribution in [2.45, 2.75) is 13.2 Å². The number of nitrogens with one attached hydrogen (secondary N) is 1. The first-order chi connectivity index (χ1) is 9.15. The summed E-state index contributed by atoms with van der Waals surface area (Å²) in [6.45, 7) is -2.60. The first-order valence-corrected chi connectivity index (χ1v) is 5.67. The monoisotopic (exact) mass is 267 g/mol. The van der Waals surface area contributed by atoms with Gasteiger partial charge in [-0.1, -0.05) is 24.3 Å². The van der Waals surface area contributed by atoms with Crippen LogP contribution in [0.4, 0.5) is 18.9 Å². The molecule has 2 aromatic rings. The average molecular weight is 267 g/mol. The van der Waals surface area contributed by atoms with Gasteiger partial charge in [-0.3, -0.25) is 0 Å². The number of rotatable bonds is 5. The standard InChI is InChI=1S/C14H12F3NO/c15-11-5-3-6-12(8-11)18-9-10-4-1-2-7-13(10)19-14(16)17/h1-8,14,18H,9H2. The number of anilines is 1. The van der Waals surface area contributed by atoms with E-state index in [9.17, 15) is 13.2 Å². The van der Waals surface area contributed by atoms with Gasteiger partial charge in [-0.25, -0.2) is 4.39 Å². The van der Waals surface area contributed by atoms with Crippen LogP contribution in [0.1, 0.15) is 5.56 Å². The van der Waals surface area contributed by atoms with Crippen LogP contribution in [0.5, 0.6) is 5.75 Å². The molecule has 0 spiro atoms. The Morgan fingerprint density at radius 2 is 1.84 bits per heavy atom. The molecule has 0 unspecified atom stereocenters. The lowest BCUT2D eigenvalue weighted by molar-refractivity contribution is -0.0504. The van der Waals surface area contributed by atoms with E-state index in [1.165, 1.54) is 18.2 Å². The zero-order valence-electron chi connectivity index (χ0n) is 9.95. The minimum atomic E-state index is -2.87. The molecule has 2 aromatic carbocycles. The molecule has 0 aliphatic rings. The van der Waals surface area contributed by atoms with Crippen molar-refractivity contribution in [3.63, 3.8) is 0 Å². The van der Waals surface area contributed by atoms with Crippen LogP contribution in [0.2, 0.25) is 0 Å². The fourth-order valence-electron chi connectivity index (χ4n) is 1.66. The molecular formula is C14H12F3NO. The fourth-order valence-corrected chi connectivity index (χ4v) is 1.66. The molecule has 0 saturated carbocycles. The van der Waals surface area contributed by atoms with E-state index in [2.05, 4.69) is 10.1 Å². The van der Waals surface area contributed by atoms with E-state index in [0.717, 1.165) is 0 Å². The first-order valence-electron chi connectivity index (χ1n) is 5.67. The van der Waals surface area contributed by atoms with E-state index in [1.807, 2.05) is 0 Å². The van der Waals surface area contributed by atoms with Gasteiger partial charge in [0.05, 0.1) is 0 Å². The molecular weight excluding hydrogens is 255 g/mol. The van der Waals surface area contributed by atoms with Crippen LogP contribution in [0.25, 0.3) is 0 Å². The molecule has 0 atom stereocenters. The molecule has 0 radical (unpaired) electrons. The van der Waals surface area contributed by atoms with Crippen LogP contribution in [-0.2, 0) is 6.54 Å². The molecule has 5 heteroatoms. The smallest absolute Gasteiger partial charge is 0.387 e. The minimum absolute atomic E-state index is 0.112. The van der Waals surface area contributed by atoms with Crippen LogP contribution in [0.15, 0.2) is 48.5 Å². The van der Waals surface area contributed by atoms with Gasteiger partial charge in [0.2, 0.25) is 0 Å². The summed E-state index contributed by atoms with van der Waals surface area (Å²) in [7, 11) is 0. The van der Waals surface area contributed by atoms with Gasteiger partial charge in [-0.15, -0.1) is 0 Å².